The van der Waals surface area contributed by atoms with Gasteiger partial charge in [-0.2, -0.15) is 8.42 Å². The molecule has 2 rings (SSSR count). The monoisotopic (exact) mass is 303 g/mol. The maximum absolute atomic E-state index is 10.9. The minimum absolute atomic E-state index is 0. The van der Waals surface area contributed by atoms with Gasteiger partial charge in [0.25, 0.3) is 10.1 Å². The molecule has 0 heterocycles. The van der Waals surface area contributed by atoms with E-state index in [0.29, 0.717) is 6.54 Å². The zero-order valence-electron chi connectivity index (χ0n) is 9.58. The van der Waals surface area contributed by atoms with E-state index in [2.05, 4.69) is 5.32 Å². The summed E-state index contributed by atoms with van der Waals surface area (Å²) in [6.07, 6.45) is 0. The Labute approximate surface area is 155 Å². The molecular formula is C13H14KNO3S. The molecule has 2 aromatic carbocycles. The van der Waals surface area contributed by atoms with Crippen LogP contribution < -0.4 is 5.32 Å². The third-order valence-electron chi connectivity index (χ3n) is 2.49. The summed E-state index contributed by atoms with van der Waals surface area (Å²) in [6, 6.07) is 15.8. The zero-order valence-corrected chi connectivity index (χ0v) is 10.4. The zero-order chi connectivity index (χ0) is 13.0. The molecule has 4 nitrogen and oxygen atoms in total. The van der Waals surface area contributed by atoms with E-state index in [1.54, 1.807) is 12.1 Å². The van der Waals surface area contributed by atoms with Gasteiger partial charge in [0.1, 0.15) is 0 Å². The van der Waals surface area contributed by atoms with Crippen molar-refractivity contribution in [2.45, 2.75) is 11.4 Å². The molecule has 0 unspecified atom stereocenters. The molecular weight excluding hydrogens is 289 g/mol. The van der Waals surface area contributed by atoms with Crippen molar-refractivity contribution in [3.63, 3.8) is 0 Å². The molecule has 0 radical (unpaired) electrons. The van der Waals surface area contributed by atoms with Gasteiger partial charge >= 0.3 is 51.4 Å². The number of nitrogens with one attached hydrogen (secondary N) is 1. The summed E-state index contributed by atoms with van der Waals surface area (Å²) < 4.78 is 30.6. The summed E-state index contributed by atoms with van der Waals surface area (Å²) in [7, 11) is -4.11. The second-order valence-corrected chi connectivity index (χ2v) is 5.26. The molecule has 0 aliphatic heterocycles. The van der Waals surface area contributed by atoms with Gasteiger partial charge in [-0.05, 0) is 29.8 Å². The van der Waals surface area contributed by atoms with Crippen LogP contribution in [0, 0.1) is 0 Å². The Morgan fingerprint density at radius 1 is 0.947 bits per heavy atom. The summed E-state index contributed by atoms with van der Waals surface area (Å²) in [4.78, 5) is -0.104. The first-order valence-corrected chi connectivity index (χ1v) is 6.85. The van der Waals surface area contributed by atoms with E-state index in [1.807, 2.05) is 30.3 Å². The van der Waals surface area contributed by atoms with Crippen molar-refractivity contribution in [2.24, 2.45) is 0 Å². The van der Waals surface area contributed by atoms with Gasteiger partial charge < -0.3 is 5.32 Å². The first-order valence-electron chi connectivity index (χ1n) is 5.41. The molecule has 0 atom stereocenters. The Bertz CT molecular complexity index is 612. The Balaban J connectivity index is 0.00000180. The van der Waals surface area contributed by atoms with E-state index in [9.17, 15) is 8.42 Å². The first kappa shape index (κ1) is 16.8. The molecule has 2 aromatic rings. The molecule has 6 heteroatoms. The van der Waals surface area contributed by atoms with Gasteiger partial charge in [0.2, 0.25) is 0 Å². The summed E-state index contributed by atoms with van der Waals surface area (Å²) in [5, 5.41) is 3.16. The average Bonchev–Trinajstić information content (AvgIpc) is 2.37. The maximum atomic E-state index is 10.9. The molecule has 0 saturated carbocycles. The van der Waals surface area contributed by atoms with Gasteiger partial charge in [-0.3, -0.25) is 4.55 Å². The molecule has 2 N–H and O–H groups in total. The molecule has 0 fully saturated rings. The number of hydrogen-bond acceptors (Lipinski definition) is 3. The van der Waals surface area contributed by atoms with Gasteiger partial charge in [0.15, 0.2) is 0 Å². The third kappa shape index (κ3) is 5.35. The van der Waals surface area contributed by atoms with E-state index >= 15 is 0 Å². The van der Waals surface area contributed by atoms with Crippen LogP contribution in [0.2, 0.25) is 0 Å². The number of hydrogen-bond donors (Lipinski definition) is 2. The van der Waals surface area contributed by atoms with E-state index < -0.39 is 10.1 Å². The first-order chi connectivity index (χ1) is 8.55. The fourth-order valence-electron chi connectivity index (χ4n) is 1.54. The van der Waals surface area contributed by atoms with Gasteiger partial charge in [0, 0.05) is 12.2 Å². The standard InChI is InChI=1S/C13H13NO3S.K.H/c15-18(16,17)13-8-6-12(7-9-13)14-10-11-4-2-1-3-5-11;;/h1-9,14H,10H2,(H,15,16,17);;. The van der Waals surface area contributed by atoms with Crippen LogP contribution in [-0.4, -0.2) is 64.4 Å². The van der Waals surface area contributed by atoms with Crippen molar-refractivity contribution >= 4 is 67.2 Å². The molecule has 0 saturated heterocycles. The van der Waals surface area contributed by atoms with Gasteiger partial charge in [-0.1, -0.05) is 30.3 Å². The van der Waals surface area contributed by atoms with Crippen molar-refractivity contribution in [1.29, 1.82) is 0 Å². The van der Waals surface area contributed by atoms with Crippen LogP contribution in [0.25, 0.3) is 0 Å². The van der Waals surface area contributed by atoms with Crippen molar-refractivity contribution < 1.29 is 13.0 Å². The predicted molar refractivity (Wildman–Crippen MR) is 77.2 cm³/mol. The molecule has 0 aliphatic carbocycles. The fraction of sp³-hybridized carbons (Fsp3) is 0.0769. The van der Waals surface area contributed by atoms with Crippen LogP contribution in [0.3, 0.4) is 0 Å². The third-order valence-corrected chi connectivity index (χ3v) is 3.36. The van der Waals surface area contributed by atoms with Gasteiger partial charge in [0.05, 0.1) is 4.90 Å². The topological polar surface area (TPSA) is 66.4 Å². The molecule has 0 amide bonds. The molecule has 19 heavy (non-hydrogen) atoms. The van der Waals surface area contributed by atoms with E-state index in [-0.39, 0.29) is 56.3 Å². The number of benzene rings is 2. The van der Waals surface area contributed by atoms with E-state index in [0.717, 1.165) is 11.3 Å². The SMILES string of the molecule is O=S(=O)(O)c1ccc(NCc2ccccc2)cc1.[KH]. The van der Waals surface area contributed by atoms with Crippen molar-refractivity contribution in [1.82, 2.24) is 0 Å². The summed E-state index contributed by atoms with van der Waals surface area (Å²) in [6.45, 7) is 0.659. The van der Waals surface area contributed by atoms with Gasteiger partial charge in [-0.15, -0.1) is 0 Å². The second kappa shape index (κ2) is 7.54. The van der Waals surface area contributed by atoms with E-state index in [1.165, 1.54) is 12.1 Å². The predicted octanol–water partition coefficient (Wildman–Crippen LogP) is 1.90. The Morgan fingerprint density at radius 2 is 1.53 bits per heavy atom. The van der Waals surface area contributed by atoms with Crippen LogP contribution in [0.5, 0.6) is 0 Å². The van der Waals surface area contributed by atoms with Gasteiger partial charge in [-0.25, -0.2) is 0 Å². The normalized spacial score (nSPS) is 10.6. The molecule has 0 spiro atoms. The van der Waals surface area contributed by atoms with Crippen LogP contribution in [0.1, 0.15) is 5.56 Å². The van der Waals surface area contributed by atoms with Crippen molar-refractivity contribution in [2.75, 3.05) is 5.32 Å². The summed E-state index contributed by atoms with van der Waals surface area (Å²) in [5.41, 5.74) is 1.93. The van der Waals surface area contributed by atoms with Crippen LogP contribution in [0.15, 0.2) is 59.5 Å². The molecule has 96 valence electrons. The summed E-state index contributed by atoms with van der Waals surface area (Å²) in [5.74, 6) is 0. The molecule has 0 aliphatic rings. The van der Waals surface area contributed by atoms with Crippen molar-refractivity contribution in [3.05, 3.63) is 60.2 Å². The van der Waals surface area contributed by atoms with Crippen LogP contribution >= 0.6 is 0 Å². The van der Waals surface area contributed by atoms with Crippen LogP contribution in [0.4, 0.5) is 5.69 Å². The summed E-state index contributed by atoms with van der Waals surface area (Å²) >= 11 is 0. The number of anilines is 1. The quantitative estimate of drug-likeness (QED) is 0.669. The van der Waals surface area contributed by atoms with Crippen molar-refractivity contribution in [3.8, 4) is 0 Å². The minimum atomic E-state index is -4.11. The Morgan fingerprint density at radius 3 is 2.05 bits per heavy atom. The molecule has 0 bridgehead atoms. The Hall–Kier alpha value is -0.214. The molecule has 0 aromatic heterocycles. The van der Waals surface area contributed by atoms with E-state index in [4.69, 9.17) is 4.55 Å². The Kier molecular flexibility index (Phi) is 6.68. The number of rotatable bonds is 4. The average molecular weight is 303 g/mol. The second-order valence-electron chi connectivity index (χ2n) is 3.84. The van der Waals surface area contributed by atoms with Crippen LogP contribution in [-0.2, 0) is 16.7 Å². The fourth-order valence-corrected chi connectivity index (χ4v) is 2.02.